The summed E-state index contributed by atoms with van der Waals surface area (Å²) in [5.41, 5.74) is 7.08. The van der Waals surface area contributed by atoms with Gasteiger partial charge >= 0.3 is 0 Å². The van der Waals surface area contributed by atoms with Gasteiger partial charge in [0.25, 0.3) is 0 Å². The number of benzene rings is 1. The van der Waals surface area contributed by atoms with Gasteiger partial charge in [-0.2, -0.15) is 0 Å². The molecule has 0 fully saturated rings. The molecule has 2 nitrogen and oxygen atoms in total. The Morgan fingerprint density at radius 1 is 1.38 bits per heavy atom. The fourth-order valence-electron chi connectivity index (χ4n) is 2.00. The van der Waals surface area contributed by atoms with Crippen LogP contribution in [0.2, 0.25) is 0 Å². The van der Waals surface area contributed by atoms with E-state index >= 15 is 0 Å². The van der Waals surface area contributed by atoms with E-state index in [0.717, 1.165) is 37.8 Å². The van der Waals surface area contributed by atoms with E-state index in [1.54, 1.807) is 0 Å². The fraction of sp³-hybridized carbons (Fsp3) is 0.571. The van der Waals surface area contributed by atoms with Crippen LogP contribution in [-0.2, 0) is 12.0 Å². The van der Waals surface area contributed by atoms with Crippen LogP contribution in [0.5, 0.6) is 0 Å². The van der Waals surface area contributed by atoms with E-state index < -0.39 is 5.60 Å². The summed E-state index contributed by atoms with van der Waals surface area (Å²) < 4.78 is 0. The minimum Gasteiger partial charge on any atom is -0.385 e. The second kappa shape index (κ2) is 6.02. The van der Waals surface area contributed by atoms with Crippen LogP contribution in [0.4, 0.5) is 0 Å². The molecule has 0 aliphatic heterocycles. The molecule has 0 aliphatic carbocycles. The molecule has 1 atom stereocenters. The van der Waals surface area contributed by atoms with Crippen molar-refractivity contribution in [1.82, 2.24) is 0 Å². The van der Waals surface area contributed by atoms with Crippen molar-refractivity contribution in [3.05, 3.63) is 35.4 Å². The number of aryl methyl sites for hydroxylation is 1. The summed E-state index contributed by atoms with van der Waals surface area (Å²) in [5, 5.41) is 10.3. The van der Waals surface area contributed by atoms with Crippen LogP contribution >= 0.6 is 0 Å². The van der Waals surface area contributed by atoms with Crippen LogP contribution in [-0.4, -0.2) is 11.7 Å². The number of nitrogens with two attached hydrogens (primary N) is 1. The first-order valence-electron chi connectivity index (χ1n) is 6.12. The van der Waals surface area contributed by atoms with Gasteiger partial charge in [-0.3, -0.25) is 0 Å². The highest BCUT2D eigenvalue weighted by Gasteiger charge is 2.21. The predicted molar refractivity (Wildman–Crippen MR) is 68.3 cm³/mol. The van der Waals surface area contributed by atoms with Crippen molar-refractivity contribution in [2.75, 3.05) is 6.54 Å². The van der Waals surface area contributed by atoms with Crippen molar-refractivity contribution in [2.45, 2.75) is 45.1 Å². The van der Waals surface area contributed by atoms with Crippen LogP contribution in [0.3, 0.4) is 0 Å². The summed E-state index contributed by atoms with van der Waals surface area (Å²) in [5.74, 6) is 0. The van der Waals surface area contributed by atoms with Crippen molar-refractivity contribution in [2.24, 2.45) is 5.73 Å². The highest BCUT2D eigenvalue weighted by atomic mass is 16.3. The Hall–Kier alpha value is -0.860. The quantitative estimate of drug-likeness (QED) is 0.775. The Morgan fingerprint density at radius 2 is 2.12 bits per heavy atom. The lowest BCUT2D eigenvalue weighted by Crippen LogP contribution is -2.20. The lowest BCUT2D eigenvalue weighted by molar-refractivity contribution is 0.0469. The summed E-state index contributed by atoms with van der Waals surface area (Å²) >= 11 is 0. The number of hydrogen-bond donors (Lipinski definition) is 2. The molecule has 0 bridgehead atoms. The Bertz CT molecular complexity index is 320. The Morgan fingerprint density at radius 3 is 2.75 bits per heavy atom. The van der Waals surface area contributed by atoms with Crippen molar-refractivity contribution >= 4 is 0 Å². The molecular formula is C14H23NO. The second-order valence-electron chi connectivity index (χ2n) is 4.62. The minimum atomic E-state index is -0.701. The van der Waals surface area contributed by atoms with Gasteiger partial charge in [0, 0.05) is 0 Å². The first-order chi connectivity index (χ1) is 7.60. The van der Waals surface area contributed by atoms with E-state index in [4.69, 9.17) is 5.73 Å². The monoisotopic (exact) mass is 221 g/mol. The van der Waals surface area contributed by atoms with E-state index in [0.29, 0.717) is 0 Å². The number of aliphatic hydroxyl groups is 1. The molecular weight excluding hydrogens is 198 g/mol. The zero-order valence-electron chi connectivity index (χ0n) is 10.4. The summed E-state index contributed by atoms with van der Waals surface area (Å²) in [6.45, 7) is 4.70. The predicted octanol–water partition coefficient (Wildman–Crippen LogP) is 2.59. The zero-order chi connectivity index (χ0) is 12.0. The van der Waals surface area contributed by atoms with Gasteiger partial charge in [-0.05, 0) is 43.9 Å². The number of hydrogen-bond acceptors (Lipinski definition) is 2. The second-order valence-corrected chi connectivity index (χ2v) is 4.62. The third-order valence-electron chi connectivity index (χ3n) is 2.96. The molecule has 1 aromatic rings. The molecule has 0 aliphatic rings. The average Bonchev–Trinajstić information content (AvgIpc) is 2.27. The largest absolute Gasteiger partial charge is 0.385 e. The van der Waals surface area contributed by atoms with Crippen LogP contribution < -0.4 is 5.73 Å². The van der Waals surface area contributed by atoms with Crippen LogP contribution in [0, 0.1) is 0 Å². The minimum absolute atomic E-state index is 0.701. The van der Waals surface area contributed by atoms with Crippen LogP contribution in [0.15, 0.2) is 24.3 Å². The summed E-state index contributed by atoms with van der Waals surface area (Å²) in [4.78, 5) is 0. The molecule has 90 valence electrons. The zero-order valence-corrected chi connectivity index (χ0v) is 10.4. The Balaban J connectivity index is 2.80. The molecule has 0 heterocycles. The summed E-state index contributed by atoms with van der Waals surface area (Å²) in [6.07, 6.45) is 3.78. The maximum absolute atomic E-state index is 10.3. The molecule has 0 aromatic heterocycles. The third-order valence-corrected chi connectivity index (χ3v) is 2.96. The molecule has 0 radical (unpaired) electrons. The average molecular weight is 221 g/mol. The standard InChI is InChI=1S/C14H23NO/c1-3-9-14(2,16)13-8-4-6-12(11-13)7-5-10-15/h4,6,8,11,16H,3,5,7,9-10,15H2,1-2H3. The number of rotatable bonds is 6. The van der Waals surface area contributed by atoms with Crippen molar-refractivity contribution in [3.8, 4) is 0 Å². The lowest BCUT2D eigenvalue weighted by atomic mass is 9.90. The summed E-state index contributed by atoms with van der Waals surface area (Å²) in [6, 6.07) is 8.22. The van der Waals surface area contributed by atoms with Crippen molar-refractivity contribution < 1.29 is 5.11 Å². The maximum atomic E-state index is 10.3. The molecule has 1 rings (SSSR count). The van der Waals surface area contributed by atoms with Gasteiger partial charge in [-0.25, -0.2) is 0 Å². The smallest absolute Gasteiger partial charge is 0.0868 e. The SMILES string of the molecule is CCCC(C)(O)c1cccc(CCCN)c1. The van der Waals surface area contributed by atoms with Gasteiger partial charge in [-0.1, -0.05) is 37.6 Å². The normalized spacial score (nSPS) is 14.8. The molecule has 1 aromatic carbocycles. The Labute approximate surface area is 98.5 Å². The lowest BCUT2D eigenvalue weighted by Gasteiger charge is -2.23. The maximum Gasteiger partial charge on any atom is 0.0868 e. The molecule has 1 unspecified atom stereocenters. The van der Waals surface area contributed by atoms with E-state index in [2.05, 4.69) is 19.1 Å². The van der Waals surface area contributed by atoms with Gasteiger partial charge < -0.3 is 10.8 Å². The molecule has 0 amide bonds. The topological polar surface area (TPSA) is 46.2 Å². The molecule has 0 saturated heterocycles. The van der Waals surface area contributed by atoms with Crippen molar-refractivity contribution in [3.63, 3.8) is 0 Å². The third kappa shape index (κ3) is 3.62. The van der Waals surface area contributed by atoms with E-state index in [1.807, 2.05) is 19.1 Å². The summed E-state index contributed by atoms with van der Waals surface area (Å²) in [7, 11) is 0. The van der Waals surface area contributed by atoms with E-state index in [9.17, 15) is 5.11 Å². The molecule has 0 saturated carbocycles. The first-order valence-corrected chi connectivity index (χ1v) is 6.12. The molecule has 16 heavy (non-hydrogen) atoms. The van der Waals surface area contributed by atoms with Gasteiger partial charge in [0.1, 0.15) is 0 Å². The van der Waals surface area contributed by atoms with Crippen molar-refractivity contribution in [1.29, 1.82) is 0 Å². The highest BCUT2D eigenvalue weighted by molar-refractivity contribution is 5.27. The molecule has 3 N–H and O–H groups in total. The van der Waals surface area contributed by atoms with Gasteiger partial charge in [0.05, 0.1) is 5.60 Å². The van der Waals surface area contributed by atoms with Gasteiger partial charge in [0.2, 0.25) is 0 Å². The van der Waals surface area contributed by atoms with Crippen LogP contribution in [0.25, 0.3) is 0 Å². The highest BCUT2D eigenvalue weighted by Crippen LogP contribution is 2.26. The first kappa shape index (κ1) is 13.2. The van der Waals surface area contributed by atoms with E-state index in [-0.39, 0.29) is 0 Å². The Kier molecular flexibility index (Phi) is 4.97. The molecule has 2 heteroatoms. The van der Waals surface area contributed by atoms with Crippen LogP contribution in [0.1, 0.15) is 44.2 Å². The van der Waals surface area contributed by atoms with E-state index in [1.165, 1.54) is 5.56 Å². The van der Waals surface area contributed by atoms with Gasteiger partial charge in [-0.15, -0.1) is 0 Å². The van der Waals surface area contributed by atoms with Gasteiger partial charge in [0.15, 0.2) is 0 Å². The molecule has 0 spiro atoms. The fourth-order valence-corrected chi connectivity index (χ4v) is 2.00.